The van der Waals surface area contributed by atoms with Crippen LogP contribution in [0.3, 0.4) is 0 Å². The van der Waals surface area contributed by atoms with E-state index in [9.17, 15) is 18.4 Å². The predicted molar refractivity (Wildman–Crippen MR) is 53.1 cm³/mol. The lowest BCUT2D eigenvalue weighted by molar-refractivity contribution is -0.146. The van der Waals surface area contributed by atoms with E-state index in [1.54, 1.807) is 0 Å². The van der Waals surface area contributed by atoms with E-state index in [1.165, 1.54) is 30.3 Å². The van der Waals surface area contributed by atoms with Crippen LogP contribution in [0.5, 0.6) is 0 Å². The summed E-state index contributed by atoms with van der Waals surface area (Å²) in [6, 6.07) is 5.20. The van der Waals surface area contributed by atoms with Gasteiger partial charge in [0, 0.05) is 5.56 Å². The van der Waals surface area contributed by atoms with Crippen molar-refractivity contribution in [2.45, 2.75) is 6.43 Å². The number of ketones is 1. The molecule has 0 saturated heterocycles. The SMILES string of the molecule is O=C(O)C(=O)/C=C/c1ccc(C(F)F)cc1. The largest absolute Gasteiger partial charge is 0.475 e. The third-order valence-corrected chi connectivity index (χ3v) is 1.83. The van der Waals surface area contributed by atoms with Crippen molar-refractivity contribution in [1.82, 2.24) is 0 Å². The molecule has 5 heteroatoms. The van der Waals surface area contributed by atoms with E-state index < -0.39 is 18.2 Å². The van der Waals surface area contributed by atoms with E-state index >= 15 is 0 Å². The molecule has 1 aromatic rings. The summed E-state index contributed by atoms with van der Waals surface area (Å²) in [5.41, 5.74) is 0.362. The third-order valence-electron chi connectivity index (χ3n) is 1.83. The lowest BCUT2D eigenvalue weighted by atomic mass is 10.1. The van der Waals surface area contributed by atoms with Crippen LogP contribution in [-0.4, -0.2) is 16.9 Å². The van der Waals surface area contributed by atoms with Crippen LogP contribution in [0.2, 0.25) is 0 Å². The normalized spacial score (nSPS) is 10.9. The van der Waals surface area contributed by atoms with Gasteiger partial charge in [0.25, 0.3) is 12.2 Å². The second kappa shape index (κ2) is 5.16. The molecule has 0 amide bonds. The molecular formula is C11H8F2O3. The molecular weight excluding hydrogens is 218 g/mol. The van der Waals surface area contributed by atoms with E-state index in [4.69, 9.17) is 5.11 Å². The van der Waals surface area contributed by atoms with E-state index in [0.717, 1.165) is 6.08 Å². The second-order valence-electron chi connectivity index (χ2n) is 2.97. The number of carboxylic acids is 1. The van der Waals surface area contributed by atoms with E-state index in [-0.39, 0.29) is 5.56 Å². The smallest absolute Gasteiger partial charge is 0.376 e. The fraction of sp³-hybridized carbons (Fsp3) is 0.0909. The number of halogens is 2. The molecule has 16 heavy (non-hydrogen) atoms. The molecule has 1 N–H and O–H groups in total. The second-order valence-corrected chi connectivity index (χ2v) is 2.97. The Hall–Kier alpha value is -2.04. The van der Waals surface area contributed by atoms with Crippen molar-refractivity contribution in [1.29, 1.82) is 0 Å². The molecule has 0 aliphatic heterocycles. The van der Waals surface area contributed by atoms with E-state index in [1.807, 2.05) is 0 Å². The van der Waals surface area contributed by atoms with Gasteiger partial charge in [-0.25, -0.2) is 13.6 Å². The van der Waals surface area contributed by atoms with Gasteiger partial charge in [0.1, 0.15) is 0 Å². The van der Waals surface area contributed by atoms with Crippen molar-refractivity contribution in [3.8, 4) is 0 Å². The van der Waals surface area contributed by atoms with E-state index in [2.05, 4.69) is 0 Å². The molecule has 0 atom stereocenters. The molecule has 0 fully saturated rings. The molecule has 0 aromatic heterocycles. The van der Waals surface area contributed by atoms with Crippen molar-refractivity contribution in [3.05, 3.63) is 41.5 Å². The summed E-state index contributed by atoms with van der Waals surface area (Å²) < 4.78 is 24.3. The van der Waals surface area contributed by atoms with Crippen LogP contribution in [0.4, 0.5) is 8.78 Å². The van der Waals surface area contributed by atoms with Crippen LogP contribution in [0.25, 0.3) is 6.08 Å². The van der Waals surface area contributed by atoms with Crippen LogP contribution < -0.4 is 0 Å². The van der Waals surface area contributed by atoms with Crippen molar-refractivity contribution in [2.75, 3.05) is 0 Å². The molecule has 0 aliphatic carbocycles. The Balaban J connectivity index is 2.76. The van der Waals surface area contributed by atoms with Gasteiger partial charge >= 0.3 is 5.97 Å². The van der Waals surface area contributed by atoms with E-state index in [0.29, 0.717) is 5.56 Å². The highest BCUT2D eigenvalue weighted by atomic mass is 19.3. The topological polar surface area (TPSA) is 54.4 Å². The molecule has 3 nitrogen and oxygen atoms in total. The number of carboxylic acid groups (broad SMARTS) is 1. The Bertz CT molecular complexity index is 421. The quantitative estimate of drug-likeness (QED) is 0.633. The van der Waals surface area contributed by atoms with Crippen molar-refractivity contribution in [3.63, 3.8) is 0 Å². The van der Waals surface area contributed by atoms with Crippen LogP contribution in [0.15, 0.2) is 30.3 Å². The van der Waals surface area contributed by atoms with Crippen molar-refractivity contribution < 1.29 is 23.5 Å². The van der Waals surface area contributed by atoms with Gasteiger partial charge in [0.05, 0.1) is 0 Å². The fourth-order valence-electron chi connectivity index (χ4n) is 0.996. The average molecular weight is 226 g/mol. The zero-order valence-electron chi connectivity index (χ0n) is 8.06. The molecule has 0 spiro atoms. The Morgan fingerprint density at radius 3 is 2.19 bits per heavy atom. The summed E-state index contributed by atoms with van der Waals surface area (Å²) in [6.07, 6.45) is -0.413. The summed E-state index contributed by atoms with van der Waals surface area (Å²) in [6.45, 7) is 0. The van der Waals surface area contributed by atoms with Gasteiger partial charge in [-0.1, -0.05) is 30.3 Å². The molecule has 0 bridgehead atoms. The van der Waals surface area contributed by atoms with Crippen LogP contribution in [0, 0.1) is 0 Å². The maximum Gasteiger partial charge on any atom is 0.376 e. The third kappa shape index (κ3) is 3.27. The number of alkyl halides is 2. The number of carbonyl (C=O) groups excluding carboxylic acids is 1. The molecule has 84 valence electrons. The van der Waals surface area contributed by atoms with Gasteiger partial charge in [0.15, 0.2) is 0 Å². The minimum absolute atomic E-state index is 0.123. The molecule has 0 unspecified atom stereocenters. The van der Waals surface area contributed by atoms with Crippen molar-refractivity contribution >= 4 is 17.8 Å². The Labute approximate surface area is 90.0 Å². The fourth-order valence-corrected chi connectivity index (χ4v) is 0.996. The zero-order chi connectivity index (χ0) is 12.1. The highest BCUT2D eigenvalue weighted by Crippen LogP contribution is 2.18. The zero-order valence-corrected chi connectivity index (χ0v) is 8.06. The summed E-state index contributed by atoms with van der Waals surface area (Å²) >= 11 is 0. The Morgan fingerprint density at radius 1 is 1.19 bits per heavy atom. The van der Waals surface area contributed by atoms with Gasteiger partial charge in [-0.15, -0.1) is 0 Å². The molecule has 1 rings (SSSR count). The first kappa shape index (κ1) is 12.0. The number of benzene rings is 1. The van der Waals surface area contributed by atoms with Crippen LogP contribution >= 0.6 is 0 Å². The minimum atomic E-state index is -2.54. The van der Waals surface area contributed by atoms with Crippen LogP contribution in [0.1, 0.15) is 17.6 Å². The minimum Gasteiger partial charge on any atom is -0.475 e. The Kier molecular flexibility index (Phi) is 3.88. The number of hydrogen-bond donors (Lipinski definition) is 1. The highest BCUT2D eigenvalue weighted by molar-refractivity contribution is 6.38. The van der Waals surface area contributed by atoms with Gasteiger partial charge in [-0.05, 0) is 11.6 Å². The maximum absolute atomic E-state index is 12.2. The van der Waals surface area contributed by atoms with Gasteiger partial charge in [-0.2, -0.15) is 0 Å². The first-order valence-electron chi connectivity index (χ1n) is 4.34. The van der Waals surface area contributed by atoms with Crippen LogP contribution in [-0.2, 0) is 9.59 Å². The molecule has 0 radical (unpaired) electrons. The number of rotatable bonds is 4. The van der Waals surface area contributed by atoms with Crippen molar-refractivity contribution in [2.24, 2.45) is 0 Å². The number of aliphatic carboxylic acids is 1. The Morgan fingerprint density at radius 2 is 1.75 bits per heavy atom. The molecule has 1 aromatic carbocycles. The maximum atomic E-state index is 12.2. The molecule has 0 heterocycles. The first-order chi connectivity index (χ1) is 7.50. The number of carbonyl (C=O) groups is 2. The van der Waals surface area contributed by atoms with Gasteiger partial charge in [0.2, 0.25) is 0 Å². The van der Waals surface area contributed by atoms with Gasteiger partial charge < -0.3 is 5.11 Å². The average Bonchev–Trinajstić information content (AvgIpc) is 2.26. The number of hydrogen-bond acceptors (Lipinski definition) is 2. The standard InChI is InChI=1S/C11H8F2O3/c12-10(13)8-4-1-7(2-5-8)3-6-9(14)11(15)16/h1-6,10H,(H,15,16)/b6-3+. The highest BCUT2D eigenvalue weighted by Gasteiger charge is 2.07. The summed E-state index contributed by atoms with van der Waals surface area (Å²) in [5.74, 6) is -2.61. The summed E-state index contributed by atoms with van der Waals surface area (Å²) in [7, 11) is 0. The first-order valence-corrected chi connectivity index (χ1v) is 4.34. The lowest BCUT2D eigenvalue weighted by Gasteiger charge is -1.98. The lowest BCUT2D eigenvalue weighted by Crippen LogP contribution is -2.08. The molecule has 0 aliphatic rings. The monoisotopic (exact) mass is 226 g/mol. The van der Waals surface area contributed by atoms with Gasteiger partial charge in [-0.3, -0.25) is 4.79 Å². The molecule has 0 saturated carbocycles. The summed E-state index contributed by atoms with van der Waals surface area (Å²) in [4.78, 5) is 20.8. The summed E-state index contributed by atoms with van der Waals surface area (Å²) in [5, 5.41) is 8.28. The predicted octanol–water partition coefficient (Wildman–Crippen LogP) is 2.29.